The van der Waals surface area contributed by atoms with Crippen LogP contribution in [0.4, 0.5) is 4.39 Å². The van der Waals surface area contributed by atoms with Crippen molar-refractivity contribution in [2.75, 3.05) is 46.4 Å². The summed E-state index contributed by atoms with van der Waals surface area (Å²) in [5, 5.41) is 31.7. The fourth-order valence-corrected chi connectivity index (χ4v) is 14.1. The normalized spacial score (nSPS) is 25.8. The van der Waals surface area contributed by atoms with Crippen LogP contribution in [0.3, 0.4) is 0 Å². The number of aryl methyl sites for hydroxylation is 1. The third-order valence-corrected chi connectivity index (χ3v) is 19.7. The highest BCUT2D eigenvalue weighted by molar-refractivity contribution is 6.00. The quantitative estimate of drug-likeness (QED) is 0.122. The van der Waals surface area contributed by atoms with Gasteiger partial charge in [-0.2, -0.15) is 0 Å². The number of benzene rings is 4. The SMILES string of the molecule is COc1ccc(C[C@@H]2NC(=O)[C@H]([C@@H](C)O)NC(=O)[C@@H]3[C@@H]4CCN3C(=O)[C@@H]3Cc5cn(c6ccc(F)cc56)CCCCCCN(Cc5ccc(cc5)CCNC(=O)[C@]5(C)CCCN5C2=O)C(=O)CCCCCC(=O)N[C@H](CN)C(=O)N[C@@H](Cc2cccc(c2)CNC(=O)CO4)C(=O)N3)cc1. The van der Waals surface area contributed by atoms with Crippen LogP contribution < -0.4 is 47.7 Å². The first kappa shape index (κ1) is 72.5. The van der Waals surface area contributed by atoms with Gasteiger partial charge in [-0.05, 0) is 129 Å². The summed E-state index contributed by atoms with van der Waals surface area (Å²) in [6, 6.07) is 16.6. The van der Waals surface area contributed by atoms with Crippen LogP contribution in [0, 0.1) is 5.82 Å². The van der Waals surface area contributed by atoms with E-state index in [1.165, 1.54) is 31.1 Å². The Morgan fingerprint density at radius 3 is 2.15 bits per heavy atom. The van der Waals surface area contributed by atoms with Gasteiger partial charge in [0.15, 0.2) is 0 Å². The fourth-order valence-electron chi connectivity index (χ4n) is 14.1. The summed E-state index contributed by atoms with van der Waals surface area (Å²) in [4.78, 5) is 152. The highest BCUT2D eigenvalue weighted by atomic mass is 19.1. The number of nitrogens with one attached hydrogen (secondary N) is 7. The van der Waals surface area contributed by atoms with E-state index < -0.39 is 120 Å². The number of ether oxygens (including phenoxy) is 2. The molecule has 0 aliphatic carbocycles. The fraction of sp³-hybridized carbons (Fsp3) is 0.507. The van der Waals surface area contributed by atoms with Crippen molar-refractivity contribution in [1.82, 2.24) is 56.5 Å². The summed E-state index contributed by atoms with van der Waals surface area (Å²) in [5.74, 6) is -6.72. The van der Waals surface area contributed by atoms with Crippen LogP contribution in [0.25, 0.3) is 10.9 Å². The summed E-state index contributed by atoms with van der Waals surface area (Å²) in [6.07, 6.45) is 3.97. The van der Waals surface area contributed by atoms with Crippen LogP contribution in [-0.2, 0) is 98.0 Å². The molecule has 6 aliphatic rings. The number of fused-ring (bicyclic) bond motifs is 16. The van der Waals surface area contributed by atoms with Gasteiger partial charge in [-0.15, -0.1) is 0 Å². The lowest BCUT2D eigenvalue weighted by Gasteiger charge is -2.37. The second-order valence-electron chi connectivity index (χ2n) is 26.9. The highest BCUT2D eigenvalue weighted by Gasteiger charge is 2.49. The topological polar surface area (TPSA) is 334 Å². The Kier molecular flexibility index (Phi) is 24.5. The van der Waals surface area contributed by atoms with Crippen LogP contribution >= 0.6 is 0 Å². The van der Waals surface area contributed by atoms with E-state index in [9.17, 15) is 29.1 Å². The number of carbonyl (C=O) groups is 10. The van der Waals surface area contributed by atoms with Crippen LogP contribution in [0.1, 0.15) is 124 Å². The van der Waals surface area contributed by atoms with Crippen LogP contribution in [0.2, 0.25) is 0 Å². The van der Waals surface area contributed by atoms with E-state index in [1.807, 2.05) is 33.7 Å². The predicted octanol–water partition coefficient (Wildman–Crippen LogP) is 2.80. The van der Waals surface area contributed by atoms with Crippen LogP contribution in [-0.4, -0.2) is 184 Å². The monoisotopic (exact) mass is 1360 g/mol. The molecular formula is C73H93FN12O13. The number of aliphatic hydroxyl groups is 1. The lowest BCUT2D eigenvalue weighted by Crippen LogP contribution is -2.64. The summed E-state index contributed by atoms with van der Waals surface area (Å²) in [7, 11) is 1.50. The van der Waals surface area contributed by atoms with Gasteiger partial charge >= 0.3 is 0 Å². The van der Waals surface area contributed by atoms with Crippen molar-refractivity contribution in [3.63, 3.8) is 0 Å². The molecule has 11 rings (SSSR count). The Labute approximate surface area is 575 Å². The number of aliphatic hydroxyl groups excluding tert-OH is 1. The first-order chi connectivity index (χ1) is 47.7. The number of nitrogens with two attached hydrogens (primary N) is 1. The average Bonchev–Trinajstić information content (AvgIpc) is 1.69. The molecular weight excluding hydrogens is 1270 g/mol. The molecule has 5 aromatic rings. The summed E-state index contributed by atoms with van der Waals surface area (Å²) in [5.41, 5.74) is 9.43. The zero-order valence-corrected chi connectivity index (χ0v) is 56.6. The zero-order chi connectivity index (χ0) is 70.3. The number of aromatic nitrogens is 1. The smallest absolute Gasteiger partial charge is 0.246 e. The molecule has 0 radical (unpaired) electrons. The van der Waals surface area contributed by atoms with Crippen molar-refractivity contribution in [3.05, 3.63) is 136 Å². The number of methoxy groups -OCH3 is 1. The van der Waals surface area contributed by atoms with Crippen molar-refractivity contribution in [3.8, 4) is 5.75 Å². The van der Waals surface area contributed by atoms with Crippen molar-refractivity contribution in [1.29, 1.82) is 0 Å². The van der Waals surface area contributed by atoms with Gasteiger partial charge in [0.05, 0.1) is 19.3 Å². The number of hydrogen-bond acceptors (Lipinski definition) is 14. The van der Waals surface area contributed by atoms with Crippen LogP contribution in [0.5, 0.6) is 5.75 Å². The van der Waals surface area contributed by atoms with E-state index in [-0.39, 0.29) is 77.2 Å². The van der Waals surface area contributed by atoms with Gasteiger partial charge in [-0.25, -0.2) is 4.39 Å². The van der Waals surface area contributed by atoms with Crippen molar-refractivity contribution < 1.29 is 66.9 Å². The van der Waals surface area contributed by atoms with Gasteiger partial charge in [0.25, 0.3) is 0 Å². The molecule has 10 amide bonds. The van der Waals surface area contributed by atoms with Crippen LogP contribution in [0.15, 0.2) is 97.2 Å². The molecule has 2 fully saturated rings. The minimum atomic E-state index is -1.81. The largest absolute Gasteiger partial charge is 0.497 e. The molecule has 7 heterocycles. The molecule has 99 heavy (non-hydrogen) atoms. The Balaban J connectivity index is 1.07. The molecule has 6 aliphatic heterocycles. The maximum Gasteiger partial charge on any atom is 0.246 e. The standard InChI is InChI=1S/C73H93FN12O13/c1-45(87)64-68(93)81-56(36-47-21-24-53(98-3)25-22-47)71(96)86-33-12-29-73(86,2)72(97)76-30-27-46-17-19-48(20-18-46)42-84-32-10-5-4-9-31-83-43-51(54-39-52(74)23-26-59(54)83)38-57-70(95)85-34-28-60(65(85)69(94)82-64)99-44-62(89)77-41-50-14-11-13-49(35-50)37-55(66(91)80-57)79-67(92)58(40-75)78-61(88)15-7-6-8-16-63(84)90/h11,13-14,17-26,35,39,43,45,55-58,60,64-65,87H,4-10,12,15-16,27-34,36-38,40-42,44,75H2,1-3H3,(H,76,97)(H,77,89)(H,78,88)(H,79,92)(H,80,91)(H,81,93)(H,82,94)/t45-,55+,56+,57+,58-,60+,64+,65+,73+/m1/s1. The molecule has 9 atom stereocenters. The molecule has 0 unspecified atom stereocenters. The third-order valence-electron chi connectivity index (χ3n) is 19.7. The van der Waals surface area contributed by atoms with Gasteiger partial charge in [0, 0.05) is 102 Å². The molecule has 1 aromatic heterocycles. The van der Waals surface area contributed by atoms with Crippen molar-refractivity contribution >= 4 is 70.0 Å². The zero-order valence-electron chi connectivity index (χ0n) is 56.6. The highest BCUT2D eigenvalue weighted by Crippen LogP contribution is 2.32. The molecule has 530 valence electrons. The molecule has 4 aromatic carbocycles. The second kappa shape index (κ2) is 33.5. The average molecular weight is 1370 g/mol. The Morgan fingerprint density at radius 1 is 0.667 bits per heavy atom. The van der Waals surface area contributed by atoms with E-state index in [1.54, 1.807) is 67.7 Å². The number of hydrogen-bond donors (Lipinski definition) is 9. The minimum absolute atomic E-state index is 0.00657. The van der Waals surface area contributed by atoms with E-state index in [0.717, 1.165) is 28.9 Å². The van der Waals surface area contributed by atoms with Gasteiger partial charge in [0.1, 0.15) is 60.0 Å². The van der Waals surface area contributed by atoms with Gasteiger partial charge in [0.2, 0.25) is 59.1 Å². The molecule has 12 bridgehead atoms. The van der Waals surface area contributed by atoms with E-state index in [0.29, 0.717) is 110 Å². The lowest BCUT2D eigenvalue weighted by atomic mass is 9.95. The lowest BCUT2D eigenvalue weighted by molar-refractivity contribution is -0.148. The molecule has 0 spiro atoms. The van der Waals surface area contributed by atoms with Gasteiger partial charge < -0.3 is 76.8 Å². The molecule has 10 N–H and O–H groups in total. The molecule has 25 nitrogen and oxygen atoms in total. The van der Waals surface area contributed by atoms with Gasteiger partial charge in [-0.3, -0.25) is 47.9 Å². The maximum absolute atomic E-state index is 16.0. The summed E-state index contributed by atoms with van der Waals surface area (Å²) < 4.78 is 29.3. The Bertz CT molecular complexity index is 3750. The number of rotatable bonds is 5. The summed E-state index contributed by atoms with van der Waals surface area (Å²) in [6.45, 7) is 3.41. The molecule has 0 saturated carbocycles. The first-order valence-electron chi connectivity index (χ1n) is 34.7. The predicted molar refractivity (Wildman–Crippen MR) is 364 cm³/mol. The number of halogens is 1. The second-order valence-corrected chi connectivity index (χ2v) is 26.9. The first-order valence-corrected chi connectivity index (χ1v) is 34.7. The molecule has 2 saturated heterocycles. The van der Waals surface area contributed by atoms with E-state index in [4.69, 9.17) is 15.2 Å². The van der Waals surface area contributed by atoms with Crippen molar-refractivity contribution in [2.24, 2.45) is 5.73 Å². The van der Waals surface area contributed by atoms with Gasteiger partial charge in [-0.1, -0.05) is 79.9 Å². The minimum Gasteiger partial charge on any atom is -0.497 e. The third kappa shape index (κ3) is 18.3. The van der Waals surface area contributed by atoms with Crippen molar-refractivity contribution in [2.45, 2.75) is 190 Å². The van der Waals surface area contributed by atoms with E-state index in [2.05, 4.69) is 37.2 Å². The molecule has 26 heteroatoms. The Hall–Kier alpha value is -9.27. The number of carbonyl (C=O) groups excluding carboxylic acids is 10. The number of amides is 10. The maximum atomic E-state index is 16.0. The Morgan fingerprint density at radius 2 is 1.39 bits per heavy atom. The van der Waals surface area contributed by atoms with E-state index >= 15 is 28.4 Å². The number of nitrogens with zero attached hydrogens (tertiary/aromatic N) is 4. The summed E-state index contributed by atoms with van der Waals surface area (Å²) >= 11 is 0.